The van der Waals surface area contributed by atoms with E-state index >= 15 is 0 Å². The van der Waals surface area contributed by atoms with Gasteiger partial charge in [0.25, 0.3) is 0 Å². The van der Waals surface area contributed by atoms with Gasteiger partial charge in [0.2, 0.25) is 17.4 Å². The number of hydrogen-bond donors (Lipinski definition) is 3. The number of H-pyrrole nitrogens is 2. The zero-order valence-electron chi connectivity index (χ0n) is 18.6. The first-order valence-electron chi connectivity index (χ1n) is 11.6. The van der Waals surface area contributed by atoms with E-state index < -0.39 is 5.69 Å². The van der Waals surface area contributed by atoms with Gasteiger partial charge in [-0.3, -0.25) is 14.9 Å². The number of amidine groups is 1. The molecular formula is C24H26N7O3+. The van der Waals surface area contributed by atoms with Gasteiger partial charge in [-0.05, 0) is 24.5 Å². The molecule has 34 heavy (non-hydrogen) atoms. The highest BCUT2D eigenvalue weighted by Crippen LogP contribution is 2.27. The van der Waals surface area contributed by atoms with E-state index in [1.807, 2.05) is 10.8 Å². The molecule has 4 heterocycles. The van der Waals surface area contributed by atoms with Crippen LogP contribution in [0.5, 0.6) is 5.88 Å². The van der Waals surface area contributed by atoms with Gasteiger partial charge in [0.15, 0.2) is 6.21 Å². The molecule has 1 aromatic carbocycles. The van der Waals surface area contributed by atoms with Gasteiger partial charge in [0, 0.05) is 31.3 Å². The monoisotopic (exact) mass is 460 g/mol. The van der Waals surface area contributed by atoms with Gasteiger partial charge in [-0.25, -0.2) is 14.8 Å². The minimum absolute atomic E-state index is 0.206. The molecule has 6 rings (SSSR count). The second kappa shape index (κ2) is 8.62. The normalized spacial score (nSPS) is 25.0. The molecule has 0 radical (unpaired) electrons. The minimum atomic E-state index is -0.464. The molecule has 0 amide bonds. The number of rotatable bonds is 5. The first-order valence-corrected chi connectivity index (χ1v) is 11.6. The maximum Gasteiger partial charge on any atom is 0.326 e. The number of aromatic nitrogens is 2. The van der Waals surface area contributed by atoms with Crippen molar-refractivity contribution in [2.45, 2.75) is 31.6 Å². The standard InChI is InChI=1S/C24H25N7O3/c32-23-19(28-24(33)29-23)11-18-12-25-22-21(26-17-4-5-17)27-20(14-31(18)22)16-3-1-2-15(10-16)13-30-6-8-34-9-7-30/h1-3,10-12,14,17,22H,4-9,13H2,(H2,26,27,29,32,33)/p+1/b18-11+. The average Bonchev–Trinajstić information content (AvgIpc) is 3.48. The van der Waals surface area contributed by atoms with E-state index in [4.69, 9.17) is 14.7 Å². The first kappa shape index (κ1) is 20.9. The van der Waals surface area contributed by atoms with Crippen molar-refractivity contribution in [3.8, 4) is 5.88 Å². The summed E-state index contributed by atoms with van der Waals surface area (Å²) in [5, 5.41) is 10.00. The van der Waals surface area contributed by atoms with Crippen molar-refractivity contribution in [3.63, 3.8) is 0 Å². The lowest BCUT2D eigenvalue weighted by Gasteiger charge is -2.26. The molecule has 4 aliphatic rings. The van der Waals surface area contributed by atoms with Crippen molar-refractivity contribution < 1.29 is 14.4 Å². The molecular weight excluding hydrogens is 434 g/mol. The molecule has 0 bridgehead atoms. The third kappa shape index (κ3) is 4.29. The van der Waals surface area contributed by atoms with Gasteiger partial charge in [-0.1, -0.05) is 18.2 Å². The lowest BCUT2D eigenvalue weighted by Crippen LogP contribution is -2.36. The highest BCUT2D eigenvalue weighted by Gasteiger charge is 2.39. The number of morpholine rings is 1. The predicted molar refractivity (Wildman–Crippen MR) is 129 cm³/mol. The van der Waals surface area contributed by atoms with Crippen molar-refractivity contribution in [3.05, 3.63) is 57.3 Å². The van der Waals surface area contributed by atoms with Gasteiger partial charge < -0.3 is 14.8 Å². The molecule has 1 atom stereocenters. The van der Waals surface area contributed by atoms with Crippen LogP contribution in [-0.2, 0) is 11.3 Å². The lowest BCUT2D eigenvalue weighted by atomic mass is 10.1. The quantitative estimate of drug-likeness (QED) is 0.579. The van der Waals surface area contributed by atoms with E-state index in [1.165, 1.54) is 5.56 Å². The van der Waals surface area contributed by atoms with Gasteiger partial charge >= 0.3 is 11.9 Å². The van der Waals surface area contributed by atoms with E-state index in [2.05, 4.69) is 44.1 Å². The van der Waals surface area contributed by atoms with Crippen LogP contribution in [0.4, 0.5) is 0 Å². The molecule has 2 aromatic rings. The molecule has 10 heteroatoms. The predicted octanol–water partition coefficient (Wildman–Crippen LogP) is 1.14. The Bertz CT molecular complexity index is 1320. The lowest BCUT2D eigenvalue weighted by molar-refractivity contribution is -0.474. The van der Waals surface area contributed by atoms with Crippen LogP contribution in [0.1, 0.15) is 29.7 Å². The van der Waals surface area contributed by atoms with Gasteiger partial charge in [-0.2, -0.15) is 4.58 Å². The number of nitrogens with one attached hydrogen (secondary N) is 2. The fourth-order valence-corrected chi connectivity index (χ4v) is 4.33. The highest BCUT2D eigenvalue weighted by molar-refractivity contribution is 6.40. The van der Waals surface area contributed by atoms with Gasteiger partial charge in [0.05, 0.1) is 19.3 Å². The summed E-state index contributed by atoms with van der Waals surface area (Å²) in [5.41, 5.74) is 3.61. The van der Waals surface area contributed by atoms with Crippen LogP contribution >= 0.6 is 0 Å². The molecule has 1 aliphatic carbocycles. The summed E-state index contributed by atoms with van der Waals surface area (Å²) in [5.74, 6) is 0.480. The number of allylic oxidation sites excluding steroid dienone is 1. The second-order valence-corrected chi connectivity index (χ2v) is 8.90. The van der Waals surface area contributed by atoms with E-state index in [0.29, 0.717) is 17.6 Å². The highest BCUT2D eigenvalue weighted by atomic mass is 16.5. The third-order valence-corrected chi connectivity index (χ3v) is 6.26. The molecule has 3 aliphatic heterocycles. The van der Waals surface area contributed by atoms with Crippen LogP contribution in [0.25, 0.3) is 6.08 Å². The number of nitrogens with zero attached hydrogens (tertiary/aromatic N) is 5. The second-order valence-electron chi connectivity index (χ2n) is 8.90. The van der Waals surface area contributed by atoms with Crippen LogP contribution in [-0.4, -0.2) is 87.0 Å². The number of fused-ring (bicyclic) bond motifs is 1. The maximum absolute atomic E-state index is 11.6. The first-order chi connectivity index (χ1) is 16.6. The zero-order valence-corrected chi connectivity index (χ0v) is 18.6. The molecule has 10 nitrogen and oxygen atoms in total. The minimum Gasteiger partial charge on any atom is -0.493 e. The van der Waals surface area contributed by atoms with Gasteiger partial charge in [0.1, 0.15) is 17.6 Å². The zero-order chi connectivity index (χ0) is 23.1. The van der Waals surface area contributed by atoms with Crippen LogP contribution in [0.15, 0.2) is 49.7 Å². The maximum atomic E-state index is 11.6. The Morgan fingerprint density at radius 1 is 1.26 bits per heavy atom. The number of imidazole rings is 1. The Balaban J connectivity index is 1.35. The van der Waals surface area contributed by atoms with Crippen molar-refractivity contribution >= 4 is 30.1 Å². The number of ether oxygens (including phenoxy) is 1. The summed E-state index contributed by atoms with van der Waals surface area (Å²) in [7, 11) is 0. The molecule has 174 valence electrons. The molecule has 1 saturated heterocycles. The summed E-state index contributed by atoms with van der Waals surface area (Å²) in [6.45, 7) is 4.28. The van der Waals surface area contributed by atoms with Crippen LogP contribution < -0.4 is 5.69 Å². The van der Waals surface area contributed by atoms with Gasteiger partial charge in [-0.15, -0.1) is 0 Å². The SMILES string of the molecule is O=c1[nH]c(O)c(/C=C2\C=NC3C(=NC4CC4)N=C(c4cccc(CN5CCOCC5)c4)C=[N+]23)[nH]1. The van der Waals surface area contributed by atoms with Crippen molar-refractivity contribution in [2.24, 2.45) is 15.0 Å². The van der Waals surface area contributed by atoms with Crippen molar-refractivity contribution in [1.29, 1.82) is 0 Å². The van der Waals surface area contributed by atoms with Crippen LogP contribution in [0.3, 0.4) is 0 Å². The third-order valence-electron chi connectivity index (χ3n) is 6.26. The number of hydrogen-bond acceptors (Lipinski definition) is 6. The van der Waals surface area contributed by atoms with E-state index in [1.54, 1.807) is 12.3 Å². The summed E-state index contributed by atoms with van der Waals surface area (Å²) in [4.78, 5) is 33.2. The number of aromatic amines is 2. The van der Waals surface area contributed by atoms with E-state index in [9.17, 15) is 9.90 Å². The molecule has 0 spiro atoms. The van der Waals surface area contributed by atoms with Crippen molar-refractivity contribution in [2.75, 3.05) is 26.3 Å². The molecule has 1 saturated carbocycles. The van der Waals surface area contributed by atoms with Crippen molar-refractivity contribution in [1.82, 2.24) is 14.9 Å². The number of aromatic hydroxyl groups is 1. The Kier molecular flexibility index (Phi) is 5.31. The Morgan fingerprint density at radius 2 is 2.12 bits per heavy atom. The number of benzene rings is 1. The summed E-state index contributed by atoms with van der Waals surface area (Å²) >= 11 is 0. The summed E-state index contributed by atoms with van der Waals surface area (Å²) < 4.78 is 7.46. The van der Waals surface area contributed by atoms with E-state index in [-0.39, 0.29) is 12.0 Å². The Morgan fingerprint density at radius 3 is 2.88 bits per heavy atom. The van der Waals surface area contributed by atoms with Crippen LogP contribution in [0.2, 0.25) is 0 Å². The topological polar surface area (TPSA) is 121 Å². The fourth-order valence-electron chi connectivity index (χ4n) is 4.33. The fraction of sp³-hybridized carbons (Fsp3) is 0.375. The smallest absolute Gasteiger partial charge is 0.326 e. The molecule has 3 N–H and O–H groups in total. The Hall–Kier alpha value is -3.63. The summed E-state index contributed by atoms with van der Waals surface area (Å²) in [6, 6.07) is 8.74. The Labute approximate surface area is 195 Å². The van der Waals surface area contributed by atoms with Crippen LogP contribution in [0, 0.1) is 0 Å². The van der Waals surface area contributed by atoms with E-state index in [0.717, 1.165) is 62.7 Å². The number of aliphatic imine (C=N–C) groups is 3. The molecule has 2 fully saturated rings. The molecule has 1 aromatic heterocycles. The molecule has 1 unspecified atom stereocenters. The average molecular weight is 461 g/mol. The largest absolute Gasteiger partial charge is 0.493 e. The summed E-state index contributed by atoms with van der Waals surface area (Å²) in [6.07, 6.45) is 7.18.